The number of methoxy groups -OCH3 is 3. The van der Waals surface area contributed by atoms with Gasteiger partial charge in [-0.2, -0.15) is 0 Å². The number of nitrogens with zero attached hydrogens (tertiary/aromatic N) is 2. The molecule has 2 aromatic rings. The molecule has 1 aromatic heterocycles. The molecule has 0 radical (unpaired) electrons. The van der Waals surface area contributed by atoms with Gasteiger partial charge in [-0.3, -0.25) is 4.99 Å². The molecular formula is C21H31N3O4. The fourth-order valence-corrected chi connectivity index (χ4v) is 2.83. The highest BCUT2D eigenvalue weighted by atomic mass is 16.5. The van der Waals surface area contributed by atoms with Crippen molar-refractivity contribution in [1.29, 1.82) is 0 Å². The molecule has 0 aliphatic carbocycles. The first-order valence-corrected chi connectivity index (χ1v) is 9.31. The van der Waals surface area contributed by atoms with E-state index in [0.717, 1.165) is 47.3 Å². The van der Waals surface area contributed by atoms with E-state index >= 15 is 0 Å². The highest BCUT2D eigenvalue weighted by Gasteiger charge is 2.13. The van der Waals surface area contributed by atoms with Gasteiger partial charge >= 0.3 is 0 Å². The summed E-state index contributed by atoms with van der Waals surface area (Å²) in [6.45, 7) is 4.65. The maximum absolute atomic E-state index is 5.44. The van der Waals surface area contributed by atoms with Crippen LogP contribution in [-0.2, 0) is 17.7 Å². The Bertz CT molecular complexity index is 744. The number of hydrogen-bond acceptors (Lipinski definition) is 5. The monoisotopic (exact) mass is 389 g/mol. The molecule has 7 nitrogen and oxygen atoms in total. The molecule has 0 spiro atoms. The van der Waals surface area contributed by atoms with E-state index < -0.39 is 0 Å². The average molecular weight is 389 g/mol. The number of furan rings is 1. The number of hydrogen-bond donors (Lipinski definition) is 1. The van der Waals surface area contributed by atoms with Gasteiger partial charge in [-0.25, -0.2) is 0 Å². The van der Waals surface area contributed by atoms with Crippen molar-refractivity contribution in [2.45, 2.75) is 19.9 Å². The lowest BCUT2D eigenvalue weighted by atomic mass is 10.1. The summed E-state index contributed by atoms with van der Waals surface area (Å²) in [5.74, 6) is 3.22. The summed E-state index contributed by atoms with van der Waals surface area (Å²) in [7, 11) is 6.99. The van der Waals surface area contributed by atoms with E-state index in [4.69, 9.17) is 18.6 Å². The molecule has 7 heteroatoms. The quantitative estimate of drug-likeness (QED) is 0.383. The number of rotatable bonds is 10. The van der Waals surface area contributed by atoms with E-state index in [2.05, 4.69) is 22.1 Å². The van der Waals surface area contributed by atoms with Gasteiger partial charge in [0.15, 0.2) is 17.5 Å². The number of aryl methyl sites for hydroxylation is 1. The summed E-state index contributed by atoms with van der Waals surface area (Å²) < 4.78 is 21.3. The van der Waals surface area contributed by atoms with Crippen LogP contribution in [0.1, 0.15) is 16.9 Å². The van der Waals surface area contributed by atoms with E-state index in [-0.39, 0.29) is 0 Å². The number of nitrogens with one attached hydrogen (secondary N) is 1. The summed E-state index contributed by atoms with van der Waals surface area (Å²) in [5.41, 5.74) is 2.28. The van der Waals surface area contributed by atoms with Crippen LogP contribution in [0.5, 0.6) is 11.5 Å². The molecule has 0 saturated carbocycles. The van der Waals surface area contributed by atoms with Gasteiger partial charge in [0.25, 0.3) is 0 Å². The number of ether oxygens (including phenoxy) is 3. The van der Waals surface area contributed by atoms with Crippen LogP contribution in [0, 0.1) is 6.92 Å². The second-order valence-corrected chi connectivity index (χ2v) is 6.44. The minimum absolute atomic E-state index is 0.576. The Morgan fingerprint density at radius 1 is 1.18 bits per heavy atom. The fourth-order valence-electron chi connectivity index (χ4n) is 2.83. The summed E-state index contributed by atoms with van der Waals surface area (Å²) in [6, 6.07) is 7.88. The third-order valence-corrected chi connectivity index (χ3v) is 4.40. The fraction of sp³-hybridized carbons (Fsp3) is 0.476. The topological polar surface area (TPSA) is 68.5 Å². The molecule has 28 heavy (non-hydrogen) atoms. The van der Waals surface area contributed by atoms with Gasteiger partial charge in [-0.15, -0.1) is 0 Å². The Hall–Kier alpha value is -2.67. The average Bonchev–Trinajstić information content (AvgIpc) is 3.21. The second kappa shape index (κ2) is 11.2. The largest absolute Gasteiger partial charge is 0.493 e. The number of guanidine groups is 1. The zero-order valence-corrected chi connectivity index (χ0v) is 17.4. The summed E-state index contributed by atoms with van der Waals surface area (Å²) >= 11 is 0. The standard InChI is InChI=1S/C21H31N3O4/c1-16-13-19(26-4)20(27-5)14-17(16)15-24(2)21(23-10-12-25-3)22-9-8-18-7-6-11-28-18/h6-7,11,13-14H,8-10,12,15H2,1-5H3,(H,22,23). The van der Waals surface area contributed by atoms with Gasteiger partial charge in [-0.1, -0.05) is 0 Å². The van der Waals surface area contributed by atoms with Crippen LogP contribution in [-0.4, -0.2) is 58.9 Å². The van der Waals surface area contributed by atoms with Crippen molar-refractivity contribution < 1.29 is 18.6 Å². The van der Waals surface area contributed by atoms with Crippen molar-refractivity contribution in [2.75, 3.05) is 48.1 Å². The first-order valence-electron chi connectivity index (χ1n) is 9.31. The lowest BCUT2D eigenvalue weighted by molar-refractivity contribution is 0.207. The number of aliphatic imine (C=N–C) groups is 1. The third kappa shape index (κ3) is 6.20. The predicted octanol–water partition coefficient (Wildman–Crippen LogP) is 2.87. The summed E-state index contributed by atoms with van der Waals surface area (Å²) in [6.07, 6.45) is 2.48. The van der Waals surface area contributed by atoms with Crippen LogP contribution in [0.25, 0.3) is 0 Å². The Balaban J connectivity index is 2.08. The molecule has 0 atom stereocenters. The van der Waals surface area contributed by atoms with Gasteiger partial charge in [0.2, 0.25) is 0 Å². The molecule has 1 N–H and O–H groups in total. The maximum atomic E-state index is 5.44. The molecule has 0 bridgehead atoms. The van der Waals surface area contributed by atoms with Crippen LogP contribution in [0.15, 0.2) is 39.9 Å². The van der Waals surface area contributed by atoms with Crippen molar-refractivity contribution >= 4 is 5.96 Å². The van der Waals surface area contributed by atoms with Crippen molar-refractivity contribution in [1.82, 2.24) is 10.2 Å². The highest BCUT2D eigenvalue weighted by Crippen LogP contribution is 2.30. The lowest BCUT2D eigenvalue weighted by Crippen LogP contribution is -2.40. The van der Waals surface area contributed by atoms with Crippen LogP contribution in [0.2, 0.25) is 0 Å². The van der Waals surface area contributed by atoms with Crippen LogP contribution < -0.4 is 14.8 Å². The van der Waals surface area contributed by atoms with Crippen molar-refractivity contribution in [3.05, 3.63) is 47.4 Å². The zero-order chi connectivity index (χ0) is 20.4. The van der Waals surface area contributed by atoms with E-state index in [1.807, 2.05) is 31.3 Å². The van der Waals surface area contributed by atoms with Gasteiger partial charge in [0.1, 0.15) is 5.76 Å². The van der Waals surface area contributed by atoms with Crippen LogP contribution in [0.3, 0.4) is 0 Å². The molecule has 0 aliphatic heterocycles. The molecule has 0 amide bonds. The maximum Gasteiger partial charge on any atom is 0.194 e. The van der Waals surface area contributed by atoms with E-state index in [0.29, 0.717) is 19.7 Å². The smallest absolute Gasteiger partial charge is 0.194 e. The number of benzene rings is 1. The van der Waals surface area contributed by atoms with Gasteiger partial charge < -0.3 is 28.8 Å². The van der Waals surface area contributed by atoms with Gasteiger partial charge in [-0.05, 0) is 42.3 Å². The van der Waals surface area contributed by atoms with E-state index in [1.165, 1.54) is 0 Å². The Kier molecular flexibility index (Phi) is 8.68. The Morgan fingerprint density at radius 3 is 2.57 bits per heavy atom. The minimum Gasteiger partial charge on any atom is -0.493 e. The first kappa shape index (κ1) is 21.6. The molecule has 1 heterocycles. The molecule has 0 fully saturated rings. The lowest BCUT2D eigenvalue weighted by Gasteiger charge is -2.24. The molecule has 1 aromatic carbocycles. The van der Waals surface area contributed by atoms with Crippen molar-refractivity contribution in [3.8, 4) is 11.5 Å². The van der Waals surface area contributed by atoms with Crippen molar-refractivity contribution in [3.63, 3.8) is 0 Å². The highest BCUT2D eigenvalue weighted by molar-refractivity contribution is 5.79. The second-order valence-electron chi connectivity index (χ2n) is 6.44. The summed E-state index contributed by atoms with van der Waals surface area (Å²) in [5, 5.41) is 3.41. The van der Waals surface area contributed by atoms with Gasteiger partial charge in [0.05, 0.1) is 33.6 Å². The summed E-state index contributed by atoms with van der Waals surface area (Å²) in [4.78, 5) is 6.74. The first-order chi connectivity index (χ1) is 13.6. The van der Waals surface area contributed by atoms with Gasteiger partial charge in [0, 0.05) is 33.7 Å². The van der Waals surface area contributed by atoms with Crippen LogP contribution >= 0.6 is 0 Å². The molecular weight excluding hydrogens is 358 g/mol. The molecule has 0 aliphatic rings. The Morgan fingerprint density at radius 2 is 1.93 bits per heavy atom. The van der Waals surface area contributed by atoms with Crippen molar-refractivity contribution in [2.24, 2.45) is 4.99 Å². The molecule has 2 rings (SSSR count). The SMILES string of the molecule is COCCN=C(NCCc1ccco1)N(C)Cc1cc(OC)c(OC)cc1C. The zero-order valence-electron chi connectivity index (χ0n) is 17.4. The Labute approximate surface area is 167 Å². The predicted molar refractivity (Wildman–Crippen MR) is 110 cm³/mol. The molecule has 0 saturated heterocycles. The van der Waals surface area contributed by atoms with E-state index in [1.54, 1.807) is 27.6 Å². The van der Waals surface area contributed by atoms with Crippen LogP contribution in [0.4, 0.5) is 0 Å². The van der Waals surface area contributed by atoms with E-state index in [9.17, 15) is 0 Å². The molecule has 0 unspecified atom stereocenters. The normalized spacial score (nSPS) is 11.4. The third-order valence-electron chi connectivity index (χ3n) is 4.40. The molecule has 154 valence electrons. The minimum atomic E-state index is 0.576.